The van der Waals surface area contributed by atoms with Gasteiger partial charge in [-0.25, -0.2) is 4.39 Å². The zero-order chi connectivity index (χ0) is 22.1. The molecule has 0 saturated heterocycles. The number of nitrogens with zero attached hydrogens (tertiary/aromatic N) is 3. The van der Waals surface area contributed by atoms with Crippen LogP contribution in [0.1, 0.15) is 34.3 Å². The van der Waals surface area contributed by atoms with Crippen molar-refractivity contribution >= 4 is 5.91 Å². The molecule has 3 aromatic carbocycles. The lowest BCUT2D eigenvalue weighted by molar-refractivity contribution is 0.0730. The Bertz CT molecular complexity index is 1240. The summed E-state index contributed by atoms with van der Waals surface area (Å²) in [6.07, 6.45) is 1.99. The molecule has 6 heteroatoms. The largest absolute Gasteiger partial charge is 0.416 e. The highest BCUT2D eigenvalue weighted by atomic mass is 19.1. The lowest BCUT2D eigenvalue weighted by Gasteiger charge is -2.23. The number of aryl methyl sites for hydroxylation is 1. The minimum Gasteiger partial charge on any atom is -0.416 e. The van der Waals surface area contributed by atoms with Crippen LogP contribution in [-0.2, 0) is 6.54 Å². The Balaban J connectivity index is 1.34. The number of aromatic nitrogens is 2. The van der Waals surface area contributed by atoms with Crippen molar-refractivity contribution in [2.45, 2.75) is 32.4 Å². The minimum atomic E-state index is -0.278. The standard InChI is InChI=1S/C26H22FN3O2/c1-17-4-2-3-5-23(17)25-29-28-24(32-25)19-8-10-20(11-9-19)26(31)30(22-14-15-22)16-18-6-12-21(27)13-7-18/h2-13,22H,14-16H2,1H3. The Morgan fingerprint density at radius 2 is 1.66 bits per heavy atom. The number of carbonyl (C=O) groups is 1. The molecule has 4 aromatic rings. The van der Waals surface area contributed by atoms with E-state index < -0.39 is 0 Å². The lowest BCUT2D eigenvalue weighted by atomic mass is 10.1. The van der Waals surface area contributed by atoms with Gasteiger partial charge in [0, 0.05) is 29.3 Å². The molecule has 0 radical (unpaired) electrons. The fourth-order valence-electron chi connectivity index (χ4n) is 3.72. The molecule has 0 bridgehead atoms. The van der Waals surface area contributed by atoms with Gasteiger partial charge in [0.05, 0.1) is 0 Å². The summed E-state index contributed by atoms with van der Waals surface area (Å²) in [6, 6.07) is 21.6. The summed E-state index contributed by atoms with van der Waals surface area (Å²) >= 11 is 0. The van der Waals surface area contributed by atoms with Crippen molar-refractivity contribution < 1.29 is 13.6 Å². The van der Waals surface area contributed by atoms with Crippen molar-refractivity contribution in [2.75, 3.05) is 0 Å². The maximum absolute atomic E-state index is 13.2. The predicted molar refractivity (Wildman–Crippen MR) is 119 cm³/mol. The maximum Gasteiger partial charge on any atom is 0.254 e. The molecule has 5 rings (SSSR count). The highest BCUT2D eigenvalue weighted by Crippen LogP contribution is 2.31. The van der Waals surface area contributed by atoms with E-state index in [2.05, 4.69) is 10.2 Å². The molecule has 1 saturated carbocycles. The van der Waals surface area contributed by atoms with Gasteiger partial charge in [0.1, 0.15) is 5.82 Å². The van der Waals surface area contributed by atoms with Crippen molar-refractivity contribution in [1.82, 2.24) is 15.1 Å². The molecule has 160 valence electrons. The molecule has 5 nitrogen and oxygen atoms in total. The van der Waals surface area contributed by atoms with Crippen LogP contribution in [0.25, 0.3) is 22.9 Å². The zero-order valence-electron chi connectivity index (χ0n) is 17.7. The van der Waals surface area contributed by atoms with Crippen molar-refractivity contribution in [1.29, 1.82) is 0 Å². The second-order valence-electron chi connectivity index (χ2n) is 8.10. The van der Waals surface area contributed by atoms with Crippen molar-refractivity contribution in [3.8, 4) is 22.9 Å². The summed E-state index contributed by atoms with van der Waals surface area (Å²) in [7, 11) is 0. The molecule has 1 aliphatic carbocycles. The molecule has 1 amide bonds. The van der Waals surface area contributed by atoms with E-state index in [1.54, 1.807) is 24.3 Å². The van der Waals surface area contributed by atoms with Crippen LogP contribution in [0, 0.1) is 12.7 Å². The Kier molecular flexibility index (Phi) is 5.27. The number of amides is 1. The Morgan fingerprint density at radius 1 is 0.969 bits per heavy atom. The van der Waals surface area contributed by atoms with Gasteiger partial charge in [0.2, 0.25) is 11.8 Å². The average Bonchev–Trinajstić information content (AvgIpc) is 3.54. The predicted octanol–water partition coefficient (Wildman–Crippen LogP) is 5.66. The molecule has 1 aromatic heterocycles. The molecule has 32 heavy (non-hydrogen) atoms. The van der Waals surface area contributed by atoms with Gasteiger partial charge in [-0.1, -0.05) is 30.3 Å². The Labute approximate surface area is 185 Å². The van der Waals surface area contributed by atoms with E-state index in [0.29, 0.717) is 23.9 Å². The Morgan fingerprint density at radius 3 is 2.34 bits per heavy atom. The normalized spacial score (nSPS) is 13.2. The SMILES string of the molecule is Cc1ccccc1-c1nnc(-c2ccc(C(=O)N(Cc3ccc(F)cc3)C3CC3)cc2)o1. The van der Waals surface area contributed by atoms with Gasteiger partial charge in [-0.15, -0.1) is 10.2 Å². The molecule has 0 unspecified atom stereocenters. The average molecular weight is 427 g/mol. The highest BCUT2D eigenvalue weighted by molar-refractivity contribution is 5.95. The van der Waals surface area contributed by atoms with Crippen LogP contribution >= 0.6 is 0 Å². The maximum atomic E-state index is 13.2. The van der Waals surface area contributed by atoms with E-state index in [1.165, 1.54) is 12.1 Å². The number of halogens is 1. The van der Waals surface area contributed by atoms with Crippen LogP contribution in [0.2, 0.25) is 0 Å². The van der Waals surface area contributed by atoms with Crippen LogP contribution in [0.5, 0.6) is 0 Å². The van der Waals surface area contributed by atoms with Gasteiger partial charge in [-0.2, -0.15) is 0 Å². The zero-order valence-corrected chi connectivity index (χ0v) is 17.7. The second kappa shape index (κ2) is 8.38. The third kappa shape index (κ3) is 4.17. The van der Waals surface area contributed by atoms with Crippen LogP contribution in [0.3, 0.4) is 0 Å². The van der Waals surface area contributed by atoms with Gasteiger partial charge in [-0.3, -0.25) is 4.79 Å². The summed E-state index contributed by atoms with van der Waals surface area (Å²) in [5.41, 5.74) is 4.23. The summed E-state index contributed by atoms with van der Waals surface area (Å²) in [5, 5.41) is 8.35. The molecule has 0 aliphatic heterocycles. The van der Waals surface area contributed by atoms with E-state index in [1.807, 2.05) is 48.2 Å². The summed E-state index contributed by atoms with van der Waals surface area (Å²) in [6.45, 7) is 2.46. The van der Waals surface area contributed by atoms with Gasteiger partial charge < -0.3 is 9.32 Å². The number of hydrogen-bond donors (Lipinski definition) is 0. The minimum absolute atomic E-state index is 0.0329. The lowest BCUT2D eigenvalue weighted by Crippen LogP contribution is -2.32. The monoisotopic (exact) mass is 427 g/mol. The first-order valence-corrected chi connectivity index (χ1v) is 10.6. The fraction of sp³-hybridized carbons (Fsp3) is 0.192. The number of carbonyl (C=O) groups excluding carboxylic acids is 1. The first-order chi connectivity index (χ1) is 15.6. The van der Waals surface area contributed by atoms with Crippen LogP contribution in [-0.4, -0.2) is 27.0 Å². The third-order valence-electron chi connectivity index (χ3n) is 5.69. The molecular formula is C26H22FN3O2. The van der Waals surface area contributed by atoms with Crippen LogP contribution in [0.4, 0.5) is 4.39 Å². The number of benzene rings is 3. The van der Waals surface area contributed by atoms with Crippen LogP contribution < -0.4 is 0 Å². The van der Waals surface area contributed by atoms with E-state index in [9.17, 15) is 9.18 Å². The fourth-order valence-corrected chi connectivity index (χ4v) is 3.72. The molecular weight excluding hydrogens is 405 g/mol. The van der Waals surface area contributed by atoms with Gasteiger partial charge in [0.25, 0.3) is 5.91 Å². The summed E-state index contributed by atoms with van der Waals surface area (Å²) in [5.74, 6) is 0.569. The van der Waals surface area contributed by atoms with Crippen LogP contribution in [0.15, 0.2) is 77.2 Å². The molecule has 0 atom stereocenters. The second-order valence-corrected chi connectivity index (χ2v) is 8.10. The molecule has 1 heterocycles. The van der Waals surface area contributed by atoms with Crippen molar-refractivity contribution in [3.63, 3.8) is 0 Å². The molecule has 1 fully saturated rings. The third-order valence-corrected chi connectivity index (χ3v) is 5.69. The van der Waals surface area contributed by atoms with E-state index >= 15 is 0 Å². The highest BCUT2D eigenvalue weighted by Gasteiger charge is 2.33. The first kappa shape index (κ1) is 20.1. The number of rotatable bonds is 6. The van der Waals surface area contributed by atoms with Gasteiger partial charge in [-0.05, 0) is 73.4 Å². The molecule has 0 N–H and O–H groups in total. The summed E-state index contributed by atoms with van der Waals surface area (Å²) in [4.78, 5) is 15.0. The van der Waals surface area contributed by atoms with Crippen molar-refractivity contribution in [2.24, 2.45) is 0 Å². The Hall–Kier alpha value is -3.80. The topological polar surface area (TPSA) is 59.2 Å². The van der Waals surface area contributed by atoms with E-state index in [-0.39, 0.29) is 17.8 Å². The van der Waals surface area contributed by atoms with Crippen molar-refractivity contribution in [3.05, 3.63) is 95.3 Å². The van der Waals surface area contributed by atoms with E-state index in [4.69, 9.17) is 4.42 Å². The smallest absolute Gasteiger partial charge is 0.254 e. The number of hydrogen-bond acceptors (Lipinski definition) is 4. The summed E-state index contributed by atoms with van der Waals surface area (Å²) < 4.78 is 19.1. The molecule has 1 aliphatic rings. The van der Waals surface area contributed by atoms with E-state index in [0.717, 1.165) is 35.1 Å². The van der Waals surface area contributed by atoms with Gasteiger partial charge in [0.15, 0.2) is 0 Å². The quantitative estimate of drug-likeness (QED) is 0.399. The first-order valence-electron chi connectivity index (χ1n) is 10.6. The van der Waals surface area contributed by atoms with Gasteiger partial charge >= 0.3 is 0 Å². The molecule has 0 spiro atoms.